The topological polar surface area (TPSA) is 49.2 Å². The highest BCUT2D eigenvalue weighted by molar-refractivity contribution is 7.99. The minimum atomic E-state index is -0.207. The largest absolute Gasteiger partial charge is 0.485 e. The molecule has 1 aromatic carbocycles. The number of aromatic nitrogens is 3. The van der Waals surface area contributed by atoms with E-state index in [0.717, 1.165) is 34.2 Å². The molecule has 0 N–H and O–H groups in total. The van der Waals surface area contributed by atoms with Crippen LogP contribution >= 0.6 is 11.8 Å². The number of ether oxygens (including phenoxy) is 2. The monoisotopic (exact) mass is 345 g/mol. The molecule has 1 aliphatic heterocycles. The van der Waals surface area contributed by atoms with Gasteiger partial charge in [0.15, 0.2) is 28.6 Å². The Labute approximate surface area is 146 Å². The third-order valence-corrected chi connectivity index (χ3v) is 6.09. The third kappa shape index (κ3) is 3.24. The lowest BCUT2D eigenvalue weighted by atomic mass is 9.91. The van der Waals surface area contributed by atoms with Crippen LogP contribution in [0.4, 0.5) is 0 Å². The molecule has 1 aliphatic carbocycles. The van der Waals surface area contributed by atoms with Crippen LogP contribution in [0, 0.1) is 5.92 Å². The van der Waals surface area contributed by atoms with Crippen molar-refractivity contribution in [3.05, 3.63) is 30.1 Å². The van der Waals surface area contributed by atoms with Crippen molar-refractivity contribution in [2.75, 3.05) is 12.4 Å². The smallest absolute Gasteiger partial charge is 0.192 e. The number of para-hydroxylation sites is 2. The molecule has 2 aromatic rings. The molecule has 0 saturated heterocycles. The van der Waals surface area contributed by atoms with Gasteiger partial charge in [0.25, 0.3) is 0 Å². The molecule has 128 valence electrons. The maximum Gasteiger partial charge on any atom is 0.192 e. The fourth-order valence-electron chi connectivity index (χ4n) is 3.43. The predicted molar refractivity (Wildman–Crippen MR) is 93.6 cm³/mol. The van der Waals surface area contributed by atoms with Gasteiger partial charge in [-0.15, -0.1) is 10.2 Å². The van der Waals surface area contributed by atoms with Gasteiger partial charge in [-0.3, -0.25) is 0 Å². The van der Waals surface area contributed by atoms with Crippen LogP contribution in [0.3, 0.4) is 0 Å². The van der Waals surface area contributed by atoms with Gasteiger partial charge in [0.1, 0.15) is 6.61 Å². The Morgan fingerprint density at radius 3 is 2.75 bits per heavy atom. The molecular weight excluding hydrogens is 322 g/mol. The summed E-state index contributed by atoms with van der Waals surface area (Å²) in [4.78, 5) is 0. The zero-order valence-corrected chi connectivity index (χ0v) is 14.8. The first-order chi connectivity index (χ1) is 11.8. The van der Waals surface area contributed by atoms with E-state index in [1.807, 2.05) is 43.1 Å². The predicted octanol–water partition coefficient (Wildman–Crippen LogP) is 4.00. The average molecular weight is 345 g/mol. The lowest BCUT2D eigenvalue weighted by Gasteiger charge is -2.25. The first-order valence-corrected chi connectivity index (χ1v) is 9.70. The van der Waals surface area contributed by atoms with Crippen LogP contribution in [0.2, 0.25) is 0 Å². The highest BCUT2D eigenvalue weighted by atomic mass is 32.2. The molecular formula is C18H23N3O2S. The maximum atomic E-state index is 6.05. The Balaban J connectivity index is 1.42. The van der Waals surface area contributed by atoms with E-state index in [-0.39, 0.29) is 6.10 Å². The number of fused-ring (bicyclic) bond motifs is 1. The molecule has 0 radical (unpaired) electrons. The van der Waals surface area contributed by atoms with Crippen LogP contribution < -0.4 is 9.47 Å². The van der Waals surface area contributed by atoms with Crippen molar-refractivity contribution in [1.29, 1.82) is 0 Å². The summed E-state index contributed by atoms with van der Waals surface area (Å²) >= 11 is 1.82. The molecule has 0 spiro atoms. The van der Waals surface area contributed by atoms with Gasteiger partial charge >= 0.3 is 0 Å². The molecule has 0 bridgehead atoms. The second-order valence-corrected chi connectivity index (χ2v) is 7.57. The Bertz CT molecular complexity index is 697. The quantitative estimate of drug-likeness (QED) is 0.784. The summed E-state index contributed by atoms with van der Waals surface area (Å²) in [7, 11) is 2.02. The van der Waals surface area contributed by atoms with Gasteiger partial charge in [0.2, 0.25) is 0 Å². The fraction of sp³-hybridized carbons (Fsp3) is 0.556. The van der Waals surface area contributed by atoms with Gasteiger partial charge in [-0.05, 0) is 30.9 Å². The summed E-state index contributed by atoms with van der Waals surface area (Å²) in [5, 5.41) is 9.71. The van der Waals surface area contributed by atoms with Crippen molar-refractivity contribution in [3.8, 4) is 11.5 Å². The van der Waals surface area contributed by atoms with E-state index in [1.54, 1.807) is 0 Å². The molecule has 1 fully saturated rings. The molecule has 1 aromatic heterocycles. The van der Waals surface area contributed by atoms with Gasteiger partial charge in [0, 0.05) is 12.8 Å². The first-order valence-electron chi connectivity index (χ1n) is 8.72. The van der Waals surface area contributed by atoms with Crippen molar-refractivity contribution in [2.45, 2.75) is 43.4 Å². The molecule has 1 unspecified atom stereocenters. The summed E-state index contributed by atoms with van der Waals surface area (Å²) < 4.78 is 13.9. The first kappa shape index (κ1) is 15.8. The van der Waals surface area contributed by atoms with Crippen molar-refractivity contribution < 1.29 is 9.47 Å². The van der Waals surface area contributed by atoms with E-state index < -0.39 is 0 Å². The molecule has 1 saturated carbocycles. The minimum Gasteiger partial charge on any atom is -0.485 e. The number of nitrogens with zero attached hydrogens (tertiary/aromatic N) is 3. The van der Waals surface area contributed by atoms with E-state index in [0.29, 0.717) is 6.61 Å². The molecule has 2 aliphatic rings. The van der Waals surface area contributed by atoms with E-state index in [4.69, 9.17) is 9.47 Å². The van der Waals surface area contributed by atoms with Crippen molar-refractivity contribution in [2.24, 2.45) is 13.0 Å². The van der Waals surface area contributed by atoms with Crippen LogP contribution in [0.1, 0.15) is 44.0 Å². The number of rotatable bonds is 4. The van der Waals surface area contributed by atoms with Gasteiger partial charge in [-0.1, -0.05) is 43.2 Å². The van der Waals surface area contributed by atoms with Crippen LogP contribution in [0.15, 0.2) is 29.4 Å². The molecule has 6 heteroatoms. The summed E-state index contributed by atoms with van der Waals surface area (Å²) in [6.45, 7) is 0.469. The van der Waals surface area contributed by atoms with E-state index in [9.17, 15) is 0 Å². The van der Waals surface area contributed by atoms with Crippen molar-refractivity contribution in [3.63, 3.8) is 0 Å². The molecule has 4 rings (SSSR count). The highest BCUT2D eigenvalue weighted by Crippen LogP contribution is 2.36. The van der Waals surface area contributed by atoms with Crippen LogP contribution in [0.25, 0.3) is 0 Å². The van der Waals surface area contributed by atoms with Crippen LogP contribution in [-0.4, -0.2) is 27.1 Å². The van der Waals surface area contributed by atoms with Gasteiger partial charge in [-0.25, -0.2) is 0 Å². The van der Waals surface area contributed by atoms with Crippen LogP contribution in [-0.2, 0) is 7.05 Å². The van der Waals surface area contributed by atoms with Crippen molar-refractivity contribution in [1.82, 2.24) is 14.8 Å². The molecule has 2 heterocycles. The lowest BCUT2D eigenvalue weighted by molar-refractivity contribution is 0.0825. The maximum absolute atomic E-state index is 6.05. The van der Waals surface area contributed by atoms with Gasteiger partial charge in [0.05, 0.1) is 0 Å². The zero-order chi connectivity index (χ0) is 16.4. The summed E-state index contributed by atoms with van der Waals surface area (Å²) in [6.07, 6.45) is 6.66. The van der Waals surface area contributed by atoms with E-state index in [2.05, 4.69) is 14.8 Å². The highest BCUT2D eigenvalue weighted by Gasteiger charge is 2.27. The average Bonchev–Trinajstić information content (AvgIpc) is 3.01. The standard InChI is InChI=1S/C18H23N3O2S/c1-21-17(16-11-22-14-9-5-6-10-15(14)23-16)19-20-18(21)24-12-13-7-3-2-4-8-13/h5-6,9-10,13,16H,2-4,7-8,11-12H2,1H3. The van der Waals surface area contributed by atoms with E-state index >= 15 is 0 Å². The Kier molecular flexibility index (Phi) is 4.65. The second-order valence-electron chi connectivity index (χ2n) is 6.58. The van der Waals surface area contributed by atoms with E-state index in [1.165, 1.54) is 32.1 Å². The Morgan fingerprint density at radius 2 is 1.92 bits per heavy atom. The zero-order valence-electron chi connectivity index (χ0n) is 14.0. The molecule has 5 nitrogen and oxygen atoms in total. The van der Waals surface area contributed by atoms with Crippen molar-refractivity contribution >= 4 is 11.8 Å². The molecule has 0 amide bonds. The summed E-state index contributed by atoms with van der Waals surface area (Å²) in [5.41, 5.74) is 0. The third-order valence-electron chi connectivity index (χ3n) is 4.84. The number of benzene rings is 1. The number of hydrogen-bond acceptors (Lipinski definition) is 5. The number of thioether (sulfide) groups is 1. The lowest BCUT2D eigenvalue weighted by Crippen LogP contribution is -2.24. The van der Waals surface area contributed by atoms with Gasteiger partial charge < -0.3 is 14.0 Å². The Morgan fingerprint density at radius 1 is 1.12 bits per heavy atom. The summed E-state index contributed by atoms with van der Waals surface area (Å²) in [5.74, 6) is 4.35. The van der Waals surface area contributed by atoms with Crippen LogP contribution in [0.5, 0.6) is 11.5 Å². The molecule has 1 atom stereocenters. The normalized spacial score (nSPS) is 21.0. The molecule has 24 heavy (non-hydrogen) atoms. The SMILES string of the molecule is Cn1c(SCC2CCCCC2)nnc1C1COc2ccccc2O1. The minimum absolute atomic E-state index is 0.207. The van der Waals surface area contributed by atoms with Gasteiger partial charge in [-0.2, -0.15) is 0 Å². The summed E-state index contributed by atoms with van der Waals surface area (Å²) in [6, 6.07) is 7.75. The Hall–Kier alpha value is -1.69. The number of hydrogen-bond donors (Lipinski definition) is 0. The fourth-order valence-corrected chi connectivity index (χ4v) is 4.53. The second kappa shape index (κ2) is 7.05.